The minimum Gasteiger partial charge on any atom is -0.426 e. The quantitative estimate of drug-likeness (QED) is 0.559. The molecule has 1 aromatic carbocycles. The molecule has 0 radical (unpaired) electrons. The fraction of sp³-hybridized carbons (Fsp3) is 0.588. The summed E-state index contributed by atoms with van der Waals surface area (Å²) in [5.74, 6) is 0.617. The molecule has 0 spiro atoms. The Morgan fingerprint density at radius 1 is 1.05 bits per heavy atom. The van der Waals surface area contributed by atoms with Crippen molar-refractivity contribution in [2.45, 2.75) is 65.2 Å². The molecule has 0 N–H and O–H groups in total. The van der Waals surface area contributed by atoms with E-state index >= 15 is 0 Å². The highest BCUT2D eigenvalue weighted by atomic mass is 16.5. The van der Waals surface area contributed by atoms with Crippen molar-refractivity contribution in [3.8, 4) is 5.75 Å². The summed E-state index contributed by atoms with van der Waals surface area (Å²) >= 11 is 0. The van der Waals surface area contributed by atoms with Gasteiger partial charge in [0.1, 0.15) is 5.75 Å². The van der Waals surface area contributed by atoms with Gasteiger partial charge in [-0.2, -0.15) is 0 Å². The predicted octanol–water partition coefficient (Wildman–Crippen LogP) is 4.18. The van der Waals surface area contributed by atoms with E-state index in [2.05, 4.69) is 32.9 Å². The summed E-state index contributed by atoms with van der Waals surface area (Å²) in [4.78, 5) is 11.3. The van der Waals surface area contributed by atoms with Crippen LogP contribution in [-0.4, -0.2) is 5.97 Å². The molecule has 0 atom stereocenters. The number of benzene rings is 1. The normalized spacial score (nSPS) is 15.6. The van der Waals surface area contributed by atoms with E-state index in [4.69, 9.17) is 4.74 Å². The van der Waals surface area contributed by atoms with Gasteiger partial charge in [0.15, 0.2) is 0 Å². The molecule has 0 saturated heterocycles. The van der Waals surface area contributed by atoms with Crippen LogP contribution in [0.4, 0.5) is 0 Å². The van der Waals surface area contributed by atoms with Crippen molar-refractivity contribution in [3.05, 3.63) is 28.8 Å². The van der Waals surface area contributed by atoms with E-state index in [1.807, 2.05) is 0 Å². The molecular weight excluding hydrogens is 236 g/mol. The fourth-order valence-electron chi connectivity index (χ4n) is 2.64. The number of ether oxygens (including phenoxy) is 1. The summed E-state index contributed by atoms with van der Waals surface area (Å²) in [5, 5.41) is 0. The molecule has 1 aliphatic carbocycles. The summed E-state index contributed by atoms with van der Waals surface area (Å²) in [6.07, 6.45) is 5.65. The van der Waals surface area contributed by atoms with Crippen LogP contribution in [0.25, 0.3) is 0 Å². The van der Waals surface area contributed by atoms with Crippen LogP contribution < -0.4 is 4.74 Å². The summed E-state index contributed by atoms with van der Waals surface area (Å²) in [7, 11) is 0. The number of rotatable bonds is 1. The molecule has 1 aliphatic rings. The van der Waals surface area contributed by atoms with Gasteiger partial charge in [0.05, 0.1) is 0 Å². The maximum Gasteiger partial charge on any atom is 0.308 e. The smallest absolute Gasteiger partial charge is 0.308 e. The summed E-state index contributed by atoms with van der Waals surface area (Å²) in [6.45, 7) is 8.17. The lowest BCUT2D eigenvalue weighted by Gasteiger charge is -2.25. The number of hydrogen-bond donors (Lipinski definition) is 0. The molecule has 2 nitrogen and oxygen atoms in total. The Bertz CT molecular complexity index is 454. The van der Waals surface area contributed by atoms with Crippen molar-refractivity contribution in [3.63, 3.8) is 0 Å². The Morgan fingerprint density at radius 3 is 2.00 bits per heavy atom. The maximum absolute atomic E-state index is 11.3. The van der Waals surface area contributed by atoms with Gasteiger partial charge in [-0.25, -0.2) is 0 Å². The molecule has 104 valence electrons. The van der Waals surface area contributed by atoms with Crippen LogP contribution in [0, 0.1) is 0 Å². The first-order valence-corrected chi connectivity index (χ1v) is 7.22. The Balaban J connectivity index is 2.52. The first-order valence-electron chi connectivity index (χ1n) is 7.22. The number of carbonyl (C=O) groups excluding carboxylic acids is 1. The number of fused-ring (bicyclic) bond motifs is 2. The molecule has 0 aliphatic heterocycles. The fourth-order valence-corrected chi connectivity index (χ4v) is 2.64. The van der Waals surface area contributed by atoms with E-state index < -0.39 is 0 Å². The SMILES string of the molecule is CC(=O)Oc1c2cc(C(C)(C)C)cc1CCCCC2. The molecule has 19 heavy (non-hydrogen) atoms. The molecule has 0 unspecified atom stereocenters. The van der Waals surface area contributed by atoms with E-state index in [1.165, 1.54) is 42.9 Å². The van der Waals surface area contributed by atoms with Crippen LogP contribution in [0.15, 0.2) is 12.1 Å². The number of hydrogen-bond acceptors (Lipinski definition) is 2. The van der Waals surface area contributed by atoms with Gasteiger partial charge in [0.25, 0.3) is 0 Å². The Kier molecular flexibility index (Phi) is 3.98. The molecule has 1 aromatic rings. The van der Waals surface area contributed by atoms with Crippen LogP contribution in [0.2, 0.25) is 0 Å². The van der Waals surface area contributed by atoms with Gasteiger partial charge >= 0.3 is 5.97 Å². The Hall–Kier alpha value is -1.31. The van der Waals surface area contributed by atoms with Gasteiger partial charge in [-0.3, -0.25) is 4.79 Å². The first kappa shape index (κ1) is 14.1. The van der Waals surface area contributed by atoms with E-state index in [0.29, 0.717) is 0 Å². The van der Waals surface area contributed by atoms with Crippen molar-refractivity contribution < 1.29 is 9.53 Å². The van der Waals surface area contributed by atoms with Crippen molar-refractivity contribution in [1.29, 1.82) is 0 Å². The van der Waals surface area contributed by atoms with Crippen molar-refractivity contribution >= 4 is 5.97 Å². The highest BCUT2D eigenvalue weighted by molar-refractivity contribution is 5.70. The van der Waals surface area contributed by atoms with Crippen molar-refractivity contribution in [1.82, 2.24) is 0 Å². The zero-order valence-corrected chi connectivity index (χ0v) is 12.5. The molecular formula is C17H24O2. The average Bonchev–Trinajstić information content (AvgIpc) is 2.29. The lowest BCUT2D eigenvalue weighted by molar-refractivity contribution is -0.132. The lowest BCUT2D eigenvalue weighted by Crippen LogP contribution is -2.15. The van der Waals surface area contributed by atoms with Gasteiger partial charge in [-0.15, -0.1) is 0 Å². The zero-order valence-electron chi connectivity index (χ0n) is 12.5. The van der Waals surface area contributed by atoms with E-state index in [9.17, 15) is 4.79 Å². The molecule has 0 saturated carbocycles. The van der Waals surface area contributed by atoms with Crippen LogP contribution in [-0.2, 0) is 23.1 Å². The molecule has 0 fully saturated rings. The van der Waals surface area contributed by atoms with E-state index in [1.54, 1.807) is 0 Å². The Morgan fingerprint density at radius 2 is 1.58 bits per heavy atom. The second kappa shape index (κ2) is 5.36. The molecule has 2 rings (SSSR count). The minimum absolute atomic E-state index is 0.136. The van der Waals surface area contributed by atoms with Gasteiger partial charge in [0.2, 0.25) is 0 Å². The summed E-state index contributed by atoms with van der Waals surface area (Å²) < 4.78 is 5.48. The van der Waals surface area contributed by atoms with Crippen LogP contribution >= 0.6 is 0 Å². The second-order valence-corrected chi connectivity index (χ2v) is 6.53. The molecule has 2 bridgehead atoms. The maximum atomic E-state index is 11.3. The van der Waals surface area contributed by atoms with Crippen LogP contribution in [0.1, 0.15) is 63.6 Å². The second-order valence-electron chi connectivity index (χ2n) is 6.53. The van der Waals surface area contributed by atoms with Crippen molar-refractivity contribution in [2.24, 2.45) is 0 Å². The monoisotopic (exact) mass is 260 g/mol. The third-order valence-corrected chi connectivity index (χ3v) is 3.75. The van der Waals surface area contributed by atoms with Crippen molar-refractivity contribution in [2.75, 3.05) is 0 Å². The molecule has 2 heteroatoms. The van der Waals surface area contributed by atoms with Gasteiger partial charge in [0, 0.05) is 6.92 Å². The standard InChI is InChI=1S/C17H24O2/c1-12(18)19-16-13-8-6-5-7-9-14(16)11-15(10-13)17(2,3)4/h10-11H,5-9H2,1-4H3. The predicted molar refractivity (Wildman–Crippen MR) is 77.7 cm³/mol. The molecule has 0 amide bonds. The minimum atomic E-state index is -0.216. The van der Waals surface area contributed by atoms with E-state index in [-0.39, 0.29) is 11.4 Å². The summed E-state index contributed by atoms with van der Waals surface area (Å²) in [5.41, 5.74) is 3.89. The number of aryl methyl sites for hydroxylation is 2. The third kappa shape index (κ3) is 3.37. The topological polar surface area (TPSA) is 26.3 Å². The summed E-state index contributed by atoms with van der Waals surface area (Å²) in [6, 6.07) is 4.46. The number of carbonyl (C=O) groups is 1. The molecule has 0 heterocycles. The molecule has 0 aromatic heterocycles. The average molecular weight is 260 g/mol. The Labute approximate surface area is 116 Å². The third-order valence-electron chi connectivity index (χ3n) is 3.75. The van der Waals surface area contributed by atoms with Crippen LogP contribution in [0.5, 0.6) is 5.75 Å². The van der Waals surface area contributed by atoms with Gasteiger partial charge < -0.3 is 4.74 Å². The highest BCUT2D eigenvalue weighted by Gasteiger charge is 2.21. The van der Waals surface area contributed by atoms with E-state index in [0.717, 1.165) is 18.6 Å². The highest BCUT2D eigenvalue weighted by Crippen LogP contribution is 2.35. The first-order chi connectivity index (χ1) is 8.88. The van der Waals surface area contributed by atoms with Gasteiger partial charge in [-0.05, 0) is 47.8 Å². The number of esters is 1. The zero-order chi connectivity index (χ0) is 14.0. The van der Waals surface area contributed by atoms with Crippen LogP contribution in [0.3, 0.4) is 0 Å². The largest absolute Gasteiger partial charge is 0.426 e. The lowest BCUT2D eigenvalue weighted by atomic mass is 9.82. The van der Waals surface area contributed by atoms with Gasteiger partial charge in [-0.1, -0.05) is 39.3 Å².